The van der Waals surface area contributed by atoms with Gasteiger partial charge in [0, 0.05) is 44.0 Å². The number of amides is 1. The van der Waals surface area contributed by atoms with Gasteiger partial charge in [0.05, 0.1) is 0 Å². The van der Waals surface area contributed by atoms with Crippen LogP contribution in [-0.2, 0) is 4.79 Å². The zero-order chi connectivity index (χ0) is 18.0. The third kappa shape index (κ3) is 3.58. The summed E-state index contributed by atoms with van der Waals surface area (Å²) < 4.78 is 0. The van der Waals surface area contributed by atoms with E-state index in [2.05, 4.69) is 26.7 Å². The molecule has 0 bridgehead atoms. The van der Waals surface area contributed by atoms with E-state index in [1.54, 1.807) is 0 Å². The number of rotatable bonds is 3. The minimum Gasteiger partial charge on any atom is -0.342 e. The van der Waals surface area contributed by atoms with Crippen molar-refractivity contribution in [3.63, 3.8) is 0 Å². The number of carbonyl (C=O) groups excluding carboxylic acids is 1. The van der Waals surface area contributed by atoms with E-state index in [9.17, 15) is 4.79 Å². The predicted octanol–water partition coefficient (Wildman–Crippen LogP) is 3.51. The Balaban J connectivity index is 1.30. The number of likely N-dealkylation sites (tertiary alicyclic amines) is 1. The average molecular weight is 357 g/mol. The van der Waals surface area contributed by atoms with Gasteiger partial charge in [-0.25, -0.2) is 9.97 Å². The molecule has 1 aliphatic carbocycles. The summed E-state index contributed by atoms with van der Waals surface area (Å²) in [6.07, 6.45) is 13.1. The van der Waals surface area contributed by atoms with Crippen LogP contribution < -0.4 is 4.90 Å². The van der Waals surface area contributed by atoms with Crippen LogP contribution in [0.25, 0.3) is 0 Å². The van der Waals surface area contributed by atoms with Crippen LogP contribution in [0.5, 0.6) is 0 Å². The van der Waals surface area contributed by atoms with E-state index < -0.39 is 0 Å². The molecule has 5 heteroatoms. The lowest BCUT2D eigenvalue weighted by atomic mass is 9.74. The summed E-state index contributed by atoms with van der Waals surface area (Å²) in [6, 6.07) is 1.87. The van der Waals surface area contributed by atoms with E-state index in [-0.39, 0.29) is 5.41 Å². The van der Waals surface area contributed by atoms with Gasteiger partial charge in [-0.1, -0.05) is 26.2 Å². The van der Waals surface area contributed by atoms with Crippen LogP contribution in [0.15, 0.2) is 18.5 Å². The molecule has 1 atom stereocenters. The van der Waals surface area contributed by atoms with E-state index in [1.165, 1.54) is 38.5 Å². The molecule has 0 aromatic carbocycles. The Morgan fingerprint density at radius 3 is 2.35 bits per heavy atom. The van der Waals surface area contributed by atoms with Crippen LogP contribution >= 0.6 is 0 Å². The maximum atomic E-state index is 13.1. The molecule has 1 saturated carbocycles. The van der Waals surface area contributed by atoms with E-state index in [0.717, 1.165) is 50.9 Å². The maximum Gasteiger partial charge on any atom is 0.228 e. The summed E-state index contributed by atoms with van der Waals surface area (Å²) in [5, 5.41) is 0. The van der Waals surface area contributed by atoms with Crippen LogP contribution in [0.1, 0.15) is 58.3 Å². The third-order valence-corrected chi connectivity index (χ3v) is 7.03. The Morgan fingerprint density at radius 1 is 1.00 bits per heavy atom. The van der Waals surface area contributed by atoms with Gasteiger partial charge in [0.25, 0.3) is 0 Å². The second-order valence-corrected chi connectivity index (χ2v) is 8.79. The summed E-state index contributed by atoms with van der Waals surface area (Å²) in [5.74, 6) is 2.73. The Kier molecular flexibility index (Phi) is 5.14. The molecule has 3 fully saturated rings. The van der Waals surface area contributed by atoms with Gasteiger partial charge in [0.1, 0.15) is 0 Å². The van der Waals surface area contributed by atoms with Gasteiger partial charge in [0.2, 0.25) is 11.9 Å². The zero-order valence-electron chi connectivity index (χ0n) is 16.1. The molecule has 4 rings (SSSR count). The van der Waals surface area contributed by atoms with Gasteiger partial charge in [-0.05, 0) is 50.0 Å². The first kappa shape index (κ1) is 17.7. The number of hydrogen-bond donors (Lipinski definition) is 0. The standard InChI is InChI=1S/C21H32N4O/c1-21(9-3-2-4-10-21)19(26)25-15-8-18(16-25)17-6-13-24(14-7-17)20-22-11-5-12-23-20/h5,11-12,17-18H,2-4,6-10,13-16H2,1H3/t18-/m0/s1. The molecule has 0 unspecified atom stereocenters. The molecule has 142 valence electrons. The minimum absolute atomic E-state index is 0.0822. The lowest BCUT2D eigenvalue weighted by molar-refractivity contribution is -0.142. The first-order valence-electron chi connectivity index (χ1n) is 10.5. The number of carbonyl (C=O) groups is 1. The second kappa shape index (κ2) is 7.53. The van der Waals surface area contributed by atoms with E-state index in [1.807, 2.05) is 18.5 Å². The molecule has 3 aliphatic rings. The molecule has 0 spiro atoms. The van der Waals surface area contributed by atoms with Gasteiger partial charge in [-0.3, -0.25) is 4.79 Å². The summed E-state index contributed by atoms with van der Waals surface area (Å²) in [6.45, 7) is 6.25. The van der Waals surface area contributed by atoms with Gasteiger partial charge in [0.15, 0.2) is 0 Å². The lowest BCUT2D eigenvalue weighted by Gasteiger charge is -2.37. The van der Waals surface area contributed by atoms with Crippen molar-refractivity contribution in [3.05, 3.63) is 18.5 Å². The van der Waals surface area contributed by atoms with Crippen molar-refractivity contribution in [2.24, 2.45) is 17.3 Å². The highest BCUT2D eigenvalue weighted by atomic mass is 16.2. The van der Waals surface area contributed by atoms with Crippen molar-refractivity contribution in [2.45, 2.75) is 58.3 Å². The van der Waals surface area contributed by atoms with Gasteiger partial charge in [-0.15, -0.1) is 0 Å². The molecule has 0 N–H and O–H groups in total. The van der Waals surface area contributed by atoms with Crippen molar-refractivity contribution < 1.29 is 4.79 Å². The smallest absolute Gasteiger partial charge is 0.228 e. The fourth-order valence-corrected chi connectivity index (χ4v) is 5.31. The Bertz CT molecular complexity index is 606. The molecule has 2 aliphatic heterocycles. The van der Waals surface area contributed by atoms with Crippen LogP contribution in [-0.4, -0.2) is 47.0 Å². The Labute approximate surface area is 157 Å². The number of piperidine rings is 1. The monoisotopic (exact) mass is 356 g/mol. The largest absolute Gasteiger partial charge is 0.342 e. The molecule has 3 heterocycles. The number of anilines is 1. The molecule has 1 amide bonds. The lowest BCUT2D eigenvalue weighted by Crippen LogP contribution is -2.43. The van der Waals surface area contributed by atoms with Gasteiger partial charge < -0.3 is 9.80 Å². The molecule has 1 aromatic heterocycles. The van der Waals surface area contributed by atoms with Gasteiger partial charge >= 0.3 is 0 Å². The molecule has 0 radical (unpaired) electrons. The summed E-state index contributed by atoms with van der Waals surface area (Å²) in [4.78, 5) is 26.4. The highest BCUT2D eigenvalue weighted by molar-refractivity contribution is 5.82. The van der Waals surface area contributed by atoms with Crippen molar-refractivity contribution >= 4 is 11.9 Å². The normalized spacial score (nSPS) is 26.9. The first-order valence-corrected chi connectivity index (χ1v) is 10.5. The highest BCUT2D eigenvalue weighted by Gasteiger charge is 2.41. The quantitative estimate of drug-likeness (QED) is 0.831. The zero-order valence-corrected chi connectivity index (χ0v) is 16.1. The SMILES string of the molecule is CC1(C(=O)N2CC[C@H](C3CCN(c4ncccn4)CC3)C2)CCCCC1. The Morgan fingerprint density at radius 2 is 1.65 bits per heavy atom. The highest BCUT2D eigenvalue weighted by Crippen LogP contribution is 2.40. The fourth-order valence-electron chi connectivity index (χ4n) is 5.31. The van der Waals surface area contributed by atoms with Crippen LogP contribution in [0, 0.1) is 17.3 Å². The topological polar surface area (TPSA) is 49.3 Å². The summed E-state index contributed by atoms with van der Waals surface area (Å²) in [5.41, 5.74) is -0.0822. The van der Waals surface area contributed by atoms with Gasteiger partial charge in [-0.2, -0.15) is 0 Å². The van der Waals surface area contributed by atoms with E-state index in [0.29, 0.717) is 11.8 Å². The molecule has 1 aromatic rings. The number of aromatic nitrogens is 2. The Hall–Kier alpha value is -1.65. The van der Waals surface area contributed by atoms with Crippen LogP contribution in [0.3, 0.4) is 0 Å². The third-order valence-electron chi connectivity index (χ3n) is 7.03. The van der Waals surface area contributed by atoms with Crippen LogP contribution in [0.4, 0.5) is 5.95 Å². The fraction of sp³-hybridized carbons (Fsp3) is 0.762. The van der Waals surface area contributed by atoms with E-state index >= 15 is 0 Å². The second-order valence-electron chi connectivity index (χ2n) is 8.79. The summed E-state index contributed by atoms with van der Waals surface area (Å²) >= 11 is 0. The van der Waals surface area contributed by atoms with Crippen molar-refractivity contribution in [3.8, 4) is 0 Å². The molecule has 26 heavy (non-hydrogen) atoms. The molecular weight excluding hydrogens is 324 g/mol. The van der Waals surface area contributed by atoms with Crippen molar-refractivity contribution in [1.82, 2.24) is 14.9 Å². The van der Waals surface area contributed by atoms with E-state index in [4.69, 9.17) is 0 Å². The summed E-state index contributed by atoms with van der Waals surface area (Å²) in [7, 11) is 0. The van der Waals surface area contributed by atoms with Crippen molar-refractivity contribution in [2.75, 3.05) is 31.1 Å². The van der Waals surface area contributed by atoms with Crippen molar-refractivity contribution in [1.29, 1.82) is 0 Å². The molecule has 2 saturated heterocycles. The maximum absolute atomic E-state index is 13.1. The van der Waals surface area contributed by atoms with Crippen LogP contribution in [0.2, 0.25) is 0 Å². The number of hydrogen-bond acceptors (Lipinski definition) is 4. The average Bonchev–Trinajstić information content (AvgIpc) is 3.19. The molecule has 5 nitrogen and oxygen atoms in total. The first-order chi connectivity index (χ1) is 12.7. The minimum atomic E-state index is -0.0822. The predicted molar refractivity (Wildman–Crippen MR) is 103 cm³/mol. The number of nitrogens with zero attached hydrogens (tertiary/aromatic N) is 4. The molecular formula is C21H32N4O.